The minimum atomic E-state index is -4.59. The van der Waals surface area contributed by atoms with Crippen molar-refractivity contribution in [3.63, 3.8) is 0 Å². The summed E-state index contributed by atoms with van der Waals surface area (Å²) in [5, 5.41) is -1.36. The van der Waals surface area contributed by atoms with Crippen molar-refractivity contribution < 1.29 is 13.2 Å². The lowest BCUT2D eigenvalue weighted by atomic mass is 10.2. The number of hydrogen-bond acceptors (Lipinski definition) is 1. The molecular formula is C11H9ClF3N. The van der Waals surface area contributed by atoms with Gasteiger partial charge in [-0.15, -0.1) is 0 Å². The van der Waals surface area contributed by atoms with Gasteiger partial charge in [-0.2, -0.15) is 13.2 Å². The van der Waals surface area contributed by atoms with Gasteiger partial charge >= 0.3 is 6.18 Å². The molecule has 1 aromatic carbocycles. The van der Waals surface area contributed by atoms with Gasteiger partial charge in [0, 0.05) is 5.70 Å². The Hall–Kier alpha value is -1.29. The smallest absolute Gasteiger partial charge is 0.237 e. The van der Waals surface area contributed by atoms with Crippen LogP contribution >= 0.6 is 11.6 Å². The Balaban J connectivity index is 2.88. The van der Waals surface area contributed by atoms with E-state index in [9.17, 15) is 13.2 Å². The molecule has 0 aliphatic rings. The minimum absolute atomic E-state index is 0.202. The number of hydrogen-bond donors (Lipinski definition) is 0. The Bertz CT molecular complexity index is 407. The third-order valence-electron chi connectivity index (χ3n) is 1.68. The molecule has 1 rings (SSSR count). The van der Waals surface area contributed by atoms with Crippen LogP contribution in [-0.4, -0.2) is 11.3 Å². The molecule has 1 aromatic rings. The zero-order chi connectivity index (χ0) is 12.2. The predicted molar refractivity (Wildman–Crippen MR) is 59.4 cm³/mol. The molecule has 0 saturated heterocycles. The first-order valence-corrected chi connectivity index (χ1v) is 4.82. The van der Waals surface area contributed by atoms with E-state index >= 15 is 0 Å². The molecule has 0 unspecified atom stereocenters. The first-order chi connectivity index (χ1) is 7.39. The van der Waals surface area contributed by atoms with Gasteiger partial charge in [-0.1, -0.05) is 41.9 Å². The van der Waals surface area contributed by atoms with Crippen LogP contribution < -0.4 is 0 Å². The molecule has 1 nitrogen and oxygen atoms in total. The molecule has 0 bridgehead atoms. The minimum Gasteiger partial charge on any atom is -0.237 e. The quantitative estimate of drug-likeness (QED) is 0.693. The fourth-order valence-electron chi connectivity index (χ4n) is 1.04. The first-order valence-electron chi connectivity index (χ1n) is 4.44. The van der Waals surface area contributed by atoms with Gasteiger partial charge in [0.15, 0.2) is 0 Å². The molecule has 0 atom stereocenters. The summed E-state index contributed by atoms with van der Waals surface area (Å²) in [6, 6.07) is 8.92. The number of allylic oxidation sites excluding steroid dienone is 1. The van der Waals surface area contributed by atoms with Crippen LogP contribution in [0.25, 0.3) is 6.08 Å². The fourth-order valence-corrected chi connectivity index (χ4v) is 1.17. The molecular weight excluding hydrogens is 239 g/mol. The number of benzene rings is 1. The number of alkyl halides is 3. The second-order valence-corrected chi connectivity index (χ2v) is 3.45. The average Bonchev–Trinajstić information content (AvgIpc) is 2.17. The maximum atomic E-state index is 12.1. The summed E-state index contributed by atoms with van der Waals surface area (Å²) < 4.78 is 36.2. The third-order valence-corrected chi connectivity index (χ3v) is 1.98. The van der Waals surface area contributed by atoms with E-state index in [1.54, 1.807) is 24.3 Å². The lowest BCUT2D eigenvalue weighted by molar-refractivity contribution is -0.0559. The third kappa shape index (κ3) is 4.06. The Morgan fingerprint density at radius 3 is 2.31 bits per heavy atom. The second-order valence-electron chi connectivity index (χ2n) is 3.10. The Kier molecular flexibility index (Phi) is 4.12. The van der Waals surface area contributed by atoms with Crippen molar-refractivity contribution in [2.75, 3.05) is 0 Å². The summed E-state index contributed by atoms with van der Waals surface area (Å²) in [5.74, 6) is 0. The molecule has 0 aromatic heterocycles. The molecule has 0 amide bonds. The highest BCUT2D eigenvalue weighted by atomic mass is 35.5. The van der Waals surface area contributed by atoms with Crippen LogP contribution in [0.5, 0.6) is 0 Å². The van der Waals surface area contributed by atoms with E-state index in [-0.39, 0.29) is 5.70 Å². The summed E-state index contributed by atoms with van der Waals surface area (Å²) >= 11 is 5.00. The lowest BCUT2D eigenvalue weighted by Crippen LogP contribution is -2.16. The number of nitrogens with zero attached hydrogens (tertiary/aromatic N) is 1. The summed E-state index contributed by atoms with van der Waals surface area (Å²) in [4.78, 5) is 3.26. The van der Waals surface area contributed by atoms with Crippen LogP contribution in [0.4, 0.5) is 13.2 Å². The zero-order valence-electron chi connectivity index (χ0n) is 8.42. The van der Waals surface area contributed by atoms with Crippen molar-refractivity contribution >= 4 is 22.8 Å². The van der Waals surface area contributed by atoms with Gasteiger partial charge in [0.1, 0.15) is 0 Å². The molecule has 0 fully saturated rings. The molecule has 0 heterocycles. The molecule has 16 heavy (non-hydrogen) atoms. The standard InChI is InChI=1S/C11H9ClF3N/c1-8(16-10(12)11(13,14)15)7-9-5-3-2-4-6-9/h2-7H,1H3. The van der Waals surface area contributed by atoms with Crippen LogP contribution in [0.2, 0.25) is 0 Å². The van der Waals surface area contributed by atoms with Gasteiger partial charge in [-0.25, -0.2) is 4.99 Å². The Morgan fingerprint density at radius 2 is 1.81 bits per heavy atom. The van der Waals surface area contributed by atoms with Crippen molar-refractivity contribution in [2.24, 2.45) is 4.99 Å². The van der Waals surface area contributed by atoms with Gasteiger partial charge in [0.2, 0.25) is 5.17 Å². The van der Waals surface area contributed by atoms with Gasteiger partial charge in [-0.05, 0) is 18.6 Å². The van der Waals surface area contributed by atoms with E-state index in [1.807, 2.05) is 6.07 Å². The summed E-state index contributed by atoms with van der Waals surface area (Å²) in [6.45, 7) is 1.46. The molecule has 0 aliphatic heterocycles. The van der Waals surface area contributed by atoms with Crippen molar-refractivity contribution in [3.05, 3.63) is 41.6 Å². The highest BCUT2D eigenvalue weighted by Gasteiger charge is 2.34. The maximum Gasteiger partial charge on any atom is 0.444 e. The predicted octanol–water partition coefficient (Wildman–Crippen LogP) is 4.25. The molecule has 0 saturated carbocycles. The van der Waals surface area contributed by atoms with Crippen molar-refractivity contribution in [2.45, 2.75) is 13.1 Å². The van der Waals surface area contributed by atoms with Crippen LogP contribution in [0.3, 0.4) is 0 Å². The molecule has 0 radical (unpaired) electrons. The zero-order valence-corrected chi connectivity index (χ0v) is 9.18. The molecule has 0 aliphatic carbocycles. The SMILES string of the molecule is CC(=Cc1ccccc1)N=C(Cl)C(F)(F)F. The fraction of sp³-hybridized carbons (Fsp3) is 0.182. The van der Waals surface area contributed by atoms with Crippen molar-refractivity contribution in [1.29, 1.82) is 0 Å². The van der Waals surface area contributed by atoms with Crippen LogP contribution in [0.15, 0.2) is 41.0 Å². The highest BCUT2D eigenvalue weighted by molar-refractivity contribution is 6.67. The monoisotopic (exact) mass is 247 g/mol. The number of halogens is 4. The molecule has 0 N–H and O–H groups in total. The topological polar surface area (TPSA) is 12.4 Å². The van der Waals surface area contributed by atoms with E-state index < -0.39 is 11.3 Å². The van der Waals surface area contributed by atoms with Crippen molar-refractivity contribution in [3.8, 4) is 0 Å². The van der Waals surface area contributed by atoms with Gasteiger partial charge in [0.05, 0.1) is 0 Å². The van der Waals surface area contributed by atoms with Crippen LogP contribution in [0.1, 0.15) is 12.5 Å². The normalized spacial score (nSPS) is 14.1. The highest BCUT2D eigenvalue weighted by Crippen LogP contribution is 2.21. The van der Waals surface area contributed by atoms with Crippen LogP contribution in [-0.2, 0) is 0 Å². The number of aliphatic imine (C=N–C) groups is 1. The Labute approximate surface area is 96.3 Å². The van der Waals surface area contributed by atoms with E-state index in [1.165, 1.54) is 13.0 Å². The molecule has 86 valence electrons. The maximum absolute atomic E-state index is 12.1. The van der Waals surface area contributed by atoms with Crippen LogP contribution in [0, 0.1) is 0 Å². The van der Waals surface area contributed by atoms with Gasteiger partial charge in [-0.3, -0.25) is 0 Å². The van der Waals surface area contributed by atoms with E-state index in [2.05, 4.69) is 4.99 Å². The van der Waals surface area contributed by atoms with E-state index in [4.69, 9.17) is 11.6 Å². The lowest BCUT2D eigenvalue weighted by Gasteiger charge is -2.03. The van der Waals surface area contributed by atoms with Gasteiger partial charge < -0.3 is 0 Å². The first kappa shape index (κ1) is 12.8. The van der Waals surface area contributed by atoms with Crippen molar-refractivity contribution in [1.82, 2.24) is 0 Å². The Morgan fingerprint density at radius 1 is 1.25 bits per heavy atom. The molecule has 5 heteroatoms. The summed E-state index contributed by atoms with van der Waals surface area (Å²) in [7, 11) is 0. The van der Waals surface area contributed by atoms with E-state index in [0.717, 1.165) is 5.56 Å². The molecule has 0 spiro atoms. The summed E-state index contributed by atoms with van der Waals surface area (Å²) in [5.41, 5.74) is 0.976. The van der Waals surface area contributed by atoms with Gasteiger partial charge in [0.25, 0.3) is 0 Å². The second kappa shape index (κ2) is 5.16. The van der Waals surface area contributed by atoms with E-state index in [0.29, 0.717) is 0 Å². The average molecular weight is 248 g/mol. The summed E-state index contributed by atoms with van der Waals surface area (Å²) in [6.07, 6.45) is -3.07. The largest absolute Gasteiger partial charge is 0.444 e. The number of rotatable bonds is 2.